The average molecular weight is 196 g/mol. The van der Waals surface area contributed by atoms with E-state index in [-0.39, 0.29) is 77.7 Å². The van der Waals surface area contributed by atoms with Crippen LogP contribution in [0.15, 0.2) is 0 Å². The maximum atomic E-state index is 8.52. The second-order valence-corrected chi connectivity index (χ2v) is 1.22. The molecule has 0 saturated carbocycles. The molecule has 0 rings (SSSR count). The van der Waals surface area contributed by atoms with Crippen LogP contribution in [0.4, 0.5) is 0 Å². The Morgan fingerprint density at radius 3 is 1.00 bits per heavy atom. The molecule has 0 unspecified atom stereocenters. The number of rotatable bonds is 0. The van der Waals surface area contributed by atoms with E-state index in [0.717, 1.165) is 0 Å². The molecule has 0 aliphatic heterocycles. The van der Waals surface area contributed by atoms with Crippen molar-refractivity contribution in [3.8, 4) is 0 Å². The fourth-order valence-corrected chi connectivity index (χ4v) is 0. The van der Waals surface area contributed by atoms with Gasteiger partial charge in [0.25, 0.3) is 0 Å². The molecule has 0 saturated heterocycles. The van der Waals surface area contributed by atoms with Gasteiger partial charge in [0.05, 0.1) is 0 Å². The number of hydrogen-bond acceptors (Lipinski definition) is 5. The molecule has 3 N–H and O–H groups in total. The summed E-state index contributed by atoms with van der Waals surface area (Å²) >= 11 is 0. The summed E-state index contributed by atoms with van der Waals surface area (Å²) < 4.78 is 34.1. The van der Waals surface area contributed by atoms with Gasteiger partial charge in [0.2, 0.25) is 0 Å². The summed E-state index contributed by atoms with van der Waals surface area (Å²) in [6, 6.07) is 0. The molecule has 0 aromatic heterocycles. The quantitative estimate of drug-likeness (QED) is 0.234. The zero-order chi connectivity index (χ0) is 4.50. The minimum Gasteiger partial charge on any atom is -0.759 e. The van der Waals surface area contributed by atoms with Crippen LogP contribution in [0.3, 0.4) is 0 Å². The van der Waals surface area contributed by atoms with Gasteiger partial charge in [0.1, 0.15) is 0 Å². The van der Waals surface area contributed by atoms with Crippen LogP contribution in [0.1, 0.15) is 0 Å². The zero-order valence-electron chi connectivity index (χ0n) is 5.16. The fourth-order valence-electron chi connectivity index (χ4n) is 0. The molecular weight excluding hydrogens is 192 g/mol. The molecule has 0 aliphatic rings. The van der Waals surface area contributed by atoms with E-state index in [9.17, 15) is 0 Å². The maximum absolute atomic E-state index is 8.52. The minimum atomic E-state index is -5.17. The van der Waals surface area contributed by atoms with Gasteiger partial charge < -0.3 is 15.3 Å². The second-order valence-electron chi connectivity index (χ2n) is 0.408. The summed E-state index contributed by atoms with van der Waals surface area (Å²) in [6.07, 6.45) is 0. The van der Waals surface area contributed by atoms with Crippen LogP contribution in [-0.4, -0.2) is 17.5 Å². The van der Waals surface area contributed by atoms with Crippen LogP contribution < -0.4 is 65.3 Å². The van der Waals surface area contributed by atoms with Crippen molar-refractivity contribution < 1.29 is 76.6 Å². The Labute approximate surface area is 104 Å². The predicted molar refractivity (Wildman–Crippen MR) is 22.7 cm³/mol. The van der Waals surface area contributed by atoms with E-state index in [1.54, 1.807) is 0 Å². The third-order valence-electron chi connectivity index (χ3n) is 0. The zero-order valence-corrected chi connectivity index (χ0v) is 10.8. The van der Waals surface area contributed by atoms with Crippen LogP contribution in [-0.2, 0) is 10.4 Å². The summed E-state index contributed by atoms with van der Waals surface area (Å²) in [5.74, 6) is 0. The topological polar surface area (TPSA) is 115 Å². The molecule has 0 aromatic carbocycles. The average Bonchev–Trinajstić information content (AvgIpc) is 0.722. The molecule has 9 heteroatoms. The van der Waals surface area contributed by atoms with E-state index < -0.39 is 10.4 Å². The van der Waals surface area contributed by atoms with Gasteiger partial charge in [-0.1, -0.05) is 0 Å². The first-order valence-corrected chi connectivity index (χ1v) is 2.00. The van der Waals surface area contributed by atoms with Gasteiger partial charge >= 0.3 is 59.1 Å². The smallest absolute Gasteiger partial charge is 0.759 e. The SMILES string of the molecule is Cl.N.O=S(=O)([O-])[O-].[Na+].[Na+]. The number of hydrogen-bond donors (Lipinski definition) is 1. The number of halogens is 1. The molecule has 0 spiro atoms. The Morgan fingerprint density at radius 2 is 1.00 bits per heavy atom. The molecule has 0 amide bonds. The van der Waals surface area contributed by atoms with Crippen molar-refractivity contribution in [2.75, 3.05) is 0 Å². The molecule has 48 valence electrons. The summed E-state index contributed by atoms with van der Waals surface area (Å²) in [5.41, 5.74) is 0. The van der Waals surface area contributed by atoms with Crippen molar-refractivity contribution in [1.29, 1.82) is 0 Å². The van der Waals surface area contributed by atoms with Crippen molar-refractivity contribution >= 4 is 22.8 Å². The van der Waals surface area contributed by atoms with Crippen LogP contribution in [0, 0.1) is 0 Å². The predicted octanol–water partition coefficient (Wildman–Crippen LogP) is -6.75. The van der Waals surface area contributed by atoms with E-state index >= 15 is 0 Å². The minimum absolute atomic E-state index is 0. The van der Waals surface area contributed by atoms with E-state index in [2.05, 4.69) is 0 Å². The molecule has 0 fully saturated rings. The molecule has 0 aromatic rings. The van der Waals surface area contributed by atoms with Crippen LogP contribution in [0.25, 0.3) is 0 Å². The molecule has 0 atom stereocenters. The van der Waals surface area contributed by atoms with Gasteiger partial charge in [-0.3, -0.25) is 8.42 Å². The maximum Gasteiger partial charge on any atom is 1.00 e. The van der Waals surface area contributed by atoms with Gasteiger partial charge in [-0.2, -0.15) is 0 Å². The van der Waals surface area contributed by atoms with Gasteiger partial charge in [-0.15, -0.1) is 12.4 Å². The molecule has 0 heterocycles. The standard InChI is InChI=1S/ClH.H3N.2Na.H2O4S/c;;;;1-5(2,3)4/h1H;1H3;;;(H2,1,2,3,4)/q;;2*+1;/p-2. The van der Waals surface area contributed by atoms with Crippen molar-refractivity contribution in [2.45, 2.75) is 0 Å². The van der Waals surface area contributed by atoms with E-state index in [0.29, 0.717) is 0 Å². The molecular formula is H4ClNNa2O4S. The normalized spacial score (nSPS) is 6.44. The Kier molecular flexibility index (Phi) is 43.1. The first-order chi connectivity index (χ1) is 2.00. The van der Waals surface area contributed by atoms with Crippen molar-refractivity contribution in [3.05, 3.63) is 0 Å². The van der Waals surface area contributed by atoms with E-state index in [1.165, 1.54) is 0 Å². The van der Waals surface area contributed by atoms with Gasteiger partial charge in [0.15, 0.2) is 0 Å². The van der Waals surface area contributed by atoms with E-state index in [4.69, 9.17) is 17.5 Å². The van der Waals surface area contributed by atoms with Gasteiger partial charge in [0, 0.05) is 10.4 Å². The van der Waals surface area contributed by atoms with Crippen molar-refractivity contribution in [2.24, 2.45) is 0 Å². The molecule has 9 heavy (non-hydrogen) atoms. The summed E-state index contributed by atoms with van der Waals surface area (Å²) in [5, 5.41) is 0. The third-order valence-corrected chi connectivity index (χ3v) is 0. The largest absolute Gasteiger partial charge is 1.00 e. The molecule has 0 aliphatic carbocycles. The Balaban J connectivity index is -0.0000000133. The summed E-state index contributed by atoms with van der Waals surface area (Å²) in [4.78, 5) is 0. The van der Waals surface area contributed by atoms with Crippen LogP contribution in [0.5, 0.6) is 0 Å². The van der Waals surface area contributed by atoms with E-state index in [1.807, 2.05) is 0 Å². The fraction of sp³-hybridized carbons (Fsp3) is 0. The molecule has 5 nitrogen and oxygen atoms in total. The van der Waals surface area contributed by atoms with Crippen LogP contribution in [0.2, 0.25) is 0 Å². The van der Waals surface area contributed by atoms with Crippen molar-refractivity contribution in [1.82, 2.24) is 6.15 Å². The Hall–Kier alpha value is 2.12. The molecule has 0 bridgehead atoms. The monoisotopic (exact) mass is 195 g/mol. The van der Waals surface area contributed by atoms with Gasteiger partial charge in [-0.05, 0) is 0 Å². The molecule has 0 radical (unpaired) electrons. The first kappa shape index (κ1) is 30.4. The van der Waals surface area contributed by atoms with Crippen LogP contribution >= 0.6 is 12.4 Å². The Morgan fingerprint density at radius 1 is 1.00 bits per heavy atom. The van der Waals surface area contributed by atoms with Gasteiger partial charge in [-0.25, -0.2) is 0 Å². The van der Waals surface area contributed by atoms with Crippen molar-refractivity contribution in [3.63, 3.8) is 0 Å². The summed E-state index contributed by atoms with van der Waals surface area (Å²) in [7, 11) is -5.17. The summed E-state index contributed by atoms with van der Waals surface area (Å²) in [6.45, 7) is 0. The second kappa shape index (κ2) is 12.8. The Bertz CT molecular complexity index is 102. The first-order valence-electron chi connectivity index (χ1n) is 0.667. The third kappa shape index (κ3) is 148.